The van der Waals surface area contributed by atoms with Crippen LogP contribution in [0, 0.1) is 0 Å². The molecule has 0 radical (unpaired) electrons. The highest BCUT2D eigenvalue weighted by Crippen LogP contribution is 2.44. The number of H-pyrrole nitrogens is 1. The topological polar surface area (TPSA) is 49.0 Å². The number of benzene rings is 1. The SMILES string of the molecule is O=c1nc(-c2ccccc2)c2c([nH]1)C1CCN2CC1. The fraction of sp³-hybridized carbons (Fsp3) is 0.333. The van der Waals surface area contributed by atoms with Crippen LogP contribution < -0.4 is 10.6 Å². The van der Waals surface area contributed by atoms with E-state index in [9.17, 15) is 4.79 Å². The number of anilines is 1. The predicted molar refractivity (Wildman–Crippen MR) is 74.5 cm³/mol. The molecule has 1 aromatic carbocycles. The molecule has 19 heavy (non-hydrogen) atoms. The van der Waals surface area contributed by atoms with E-state index in [-0.39, 0.29) is 5.69 Å². The van der Waals surface area contributed by atoms with Crippen LogP contribution in [0.25, 0.3) is 11.3 Å². The molecule has 1 fully saturated rings. The molecule has 0 spiro atoms. The molecule has 5 rings (SSSR count). The van der Waals surface area contributed by atoms with Gasteiger partial charge in [-0.3, -0.25) is 0 Å². The Morgan fingerprint density at radius 3 is 2.63 bits per heavy atom. The number of nitrogens with zero attached hydrogens (tertiary/aromatic N) is 2. The summed E-state index contributed by atoms with van der Waals surface area (Å²) in [4.78, 5) is 21.4. The van der Waals surface area contributed by atoms with Crippen LogP contribution in [0.5, 0.6) is 0 Å². The van der Waals surface area contributed by atoms with Crippen molar-refractivity contribution < 1.29 is 0 Å². The maximum atomic E-state index is 11.8. The van der Waals surface area contributed by atoms with Crippen LogP contribution in [-0.4, -0.2) is 23.1 Å². The van der Waals surface area contributed by atoms with Crippen LogP contribution in [0.4, 0.5) is 5.69 Å². The van der Waals surface area contributed by atoms with Crippen molar-refractivity contribution in [3.63, 3.8) is 0 Å². The Morgan fingerprint density at radius 2 is 1.89 bits per heavy atom. The second kappa shape index (κ2) is 3.95. The van der Waals surface area contributed by atoms with E-state index in [1.807, 2.05) is 30.3 Å². The first-order chi connectivity index (χ1) is 9.33. The molecule has 0 saturated carbocycles. The largest absolute Gasteiger partial charge is 0.368 e. The van der Waals surface area contributed by atoms with E-state index in [2.05, 4.69) is 14.9 Å². The highest BCUT2D eigenvalue weighted by molar-refractivity contribution is 5.78. The Bertz CT molecular complexity index is 670. The smallest absolute Gasteiger partial charge is 0.345 e. The monoisotopic (exact) mass is 253 g/mol. The molecule has 1 saturated heterocycles. The van der Waals surface area contributed by atoms with E-state index >= 15 is 0 Å². The van der Waals surface area contributed by atoms with Gasteiger partial charge in [-0.05, 0) is 12.8 Å². The van der Waals surface area contributed by atoms with Gasteiger partial charge in [0.15, 0.2) is 0 Å². The molecular formula is C15H15N3O. The molecule has 96 valence electrons. The van der Waals surface area contributed by atoms with Gasteiger partial charge in [0, 0.05) is 30.3 Å². The summed E-state index contributed by atoms with van der Waals surface area (Å²) < 4.78 is 0. The van der Waals surface area contributed by atoms with Crippen molar-refractivity contribution in [1.29, 1.82) is 0 Å². The Balaban J connectivity index is 2.00. The van der Waals surface area contributed by atoms with Crippen LogP contribution in [0.15, 0.2) is 35.1 Å². The second-order valence-corrected chi connectivity index (χ2v) is 5.28. The average Bonchev–Trinajstić information content (AvgIpc) is 2.48. The van der Waals surface area contributed by atoms with Crippen LogP contribution in [0.3, 0.4) is 0 Å². The summed E-state index contributed by atoms with van der Waals surface area (Å²) in [7, 11) is 0. The molecule has 4 heteroatoms. The molecule has 4 heterocycles. The molecule has 1 aromatic heterocycles. The summed E-state index contributed by atoms with van der Waals surface area (Å²) in [6, 6.07) is 9.99. The minimum atomic E-state index is -0.230. The number of nitrogens with one attached hydrogen (secondary N) is 1. The van der Waals surface area contributed by atoms with Gasteiger partial charge in [-0.25, -0.2) is 4.79 Å². The Hall–Kier alpha value is -2.10. The first-order valence-corrected chi connectivity index (χ1v) is 6.77. The lowest BCUT2D eigenvalue weighted by Crippen LogP contribution is -2.41. The van der Waals surface area contributed by atoms with Gasteiger partial charge >= 0.3 is 5.69 Å². The third kappa shape index (κ3) is 1.59. The Labute approximate surface area is 111 Å². The zero-order valence-electron chi connectivity index (χ0n) is 10.6. The molecule has 2 aromatic rings. The van der Waals surface area contributed by atoms with Crippen molar-refractivity contribution in [2.24, 2.45) is 0 Å². The van der Waals surface area contributed by atoms with Crippen molar-refractivity contribution in [3.05, 3.63) is 46.5 Å². The van der Waals surface area contributed by atoms with Crippen LogP contribution in [0.2, 0.25) is 0 Å². The molecule has 0 aliphatic carbocycles. The summed E-state index contributed by atoms with van der Waals surface area (Å²) in [6.45, 7) is 2.15. The zero-order chi connectivity index (χ0) is 12.8. The van der Waals surface area contributed by atoms with Crippen LogP contribution >= 0.6 is 0 Å². The lowest BCUT2D eigenvalue weighted by atomic mass is 9.85. The third-order valence-corrected chi connectivity index (χ3v) is 4.20. The quantitative estimate of drug-likeness (QED) is 0.847. The fourth-order valence-corrected chi connectivity index (χ4v) is 3.29. The summed E-state index contributed by atoms with van der Waals surface area (Å²) in [5, 5.41) is 0. The summed E-state index contributed by atoms with van der Waals surface area (Å²) in [5.74, 6) is 0.498. The van der Waals surface area contributed by atoms with Gasteiger partial charge in [0.05, 0.1) is 5.69 Å². The number of aromatic amines is 1. The normalized spacial score (nSPS) is 17.6. The van der Waals surface area contributed by atoms with E-state index in [0.717, 1.165) is 48.6 Å². The van der Waals surface area contributed by atoms with Crippen molar-refractivity contribution >= 4 is 5.69 Å². The minimum Gasteiger partial charge on any atom is -0.368 e. The van der Waals surface area contributed by atoms with Gasteiger partial charge < -0.3 is 9.88 Å². The number of piperidine rings is 1. The highest BCUT2D eigenvalue weighted by Gasteiger charge is 2.34. The van der Waals surface area contributed by atoms with Crippen LogP contribution in [0.1, 0.15) is 24.5 Å². The molecule has 0 atom stereocenters. The summed E-state index contributed by atoms with van der Waals surface area (Å²) in [5.41, 5.74) is 3.87. The van der Waals surface area contributed by atoms with Crippen molar-refractivity contribution in [2.45, 2.75) is 18.8 Å². The number of hydrogen-bond acceptors (Lipinski definition) is 3. The van der Waals surface area contributed by atoms with E-state index in [1.165, 1.54) is 0 Å². The van der Waals surface area contributed by atoms with Crippen molar-refractivity contribution in [2.75, 3.05) is 18.0 Å². The molecule has 1 N–H and O–H groups in total. The number of aromatic nitrogens is 2. The molecule has 0 unspecified atom stereocenters. The van der Waals surface area contributed by atoms with Crippen LogP contribution in [-0.2, 0) is 0 Å². The number of fused-ring (bicyclic) bond motifs is 2. The highest BCUT2D eigenvalue weighted by atomic mass is 16.1. The lowest BCUT2D eigenvalue weighted by Gasteiger charge is -2.42. The lowest BCUT2D eigenvalue weighted by molar-refractivity contribution is 0.461. The first-order valence-electron chi connectivity index (χ1n) is 6.77. The molecular weight excluding hydrogens is 238 g/mol. The Kier molecular flexibility index (Phi) is 2.24. The molecule has 4 nitrogen and oxygen atoms in total. The molecule has 0 amide bonds. The van der Waals surface area contributed by atoms with E-state index in [4.69, 9.17) is 0 Å². The third-order valence-electron chi connectivity index (χ3n) is 4.20. The van der Waals surface area contributed by atoms with E-state index in [1.54, 1.807) is 0 Å². The predicted octanol–water partition coefficient (Wildman–Crippen LogP) is 2.13. The minimum absolute atomic E-state index is 0.230. The van der Waals surface area contributed by atoms with Gasteiger partial charge in [-0.15, -0.1) is 0 Å². The zero-order valence-corrected chi connectivity index (χ0v) is 10.6. The number of hydrogen-bond donors (Lipinski definition) is 1. The van der Waals surface area contributed by atoms with Gasteiger partial charge in [0.1, 0.15) is 5.69 Å². The van der Waals surface area contributed by atoms with E-state index in [0.29, 0.717) is 5.92 Å². The van der Waals surface area contributed by atoms with Crippen molar-refractivity contribution in [1.82, 2.24) is 9.97 Å². The van der Waals surface area contributed by atoms with Gasteiger partial charge in [-0.2, -0.15) is 4.98 Å². The van der Waals surface area contributed by atoms with Crippen molar-refractivity contribution in [3.8, 4) is 11.3 Å². The standard InChI is InChI=1S/C15H15N3O/c19-15-16-12(10-4-2-1-3-5-10)14-13(17-15)11-6-8-18(14)9-7-11/h1-5,11H,6-9H2,(H,16,17,19). The maximum absolute atomic E-state index is 11.8. The van der Waals surface area contributed by atoms with Gasteiger partial charge in [0.2, 0.25) is 0 Å². The number of rotatable bonds is 1. The summed E-state index contributed by atoms with van der Waals surface area (Å²) >= 11 is 0. The molecule has 3 aliphatic rings. The van der Waals surface area contributed by atoms with E-state index < -0.39 is 0 Å². The summed E-state index contributed by atoms with van der Waals surface area (Å²) in [6.07, 6.45) is 2.28. The first kappa shape index (κ1) is 10.8. The fourth-order valence-electron chi connectivity index (χ4n) is 3.29. The Morgan fingerprint density at radius 1 is 1.16 bits per heavy atom. The maximum Gasteiger partial charge on any atom is 0.345 e. The molecule has 2 bridgehead atoms. The van der Waals surface area contributed by atoms with Gasteiger partial charge in [-0.1, -0.05) is 30.3 Å². The second-order valence-electron chi connectivity index (χ2n) is 5.28. The molecule has 3 aliphatic heterocycles. The average molecular weight is 253 g/mol. The van der Waals surface area contributed by atoms with Gasteiger partial charge in [0.25, 0.3) is 0 Å².